The van der Waals surface area contributed by atoms with Crippen LogP contribution in [0, 0.1) is 0 Å². The average Bonchev–Trinajstić information content (AvgIpc) is 2.52. The summed E-state index contributed by atoms with van der Waals surface area (Å²) in [5.41, 5.74) is 3.16. The number of likely N-dealkylation sites (N-methyl/N-ethyl adjacent to an activating group) is 1. The highest BCUT2D eigenvalue weighted by Crippen LogP contribution is 2.24. The maximum atomic E-state index is 11.4. The van der Waals surface area contributed by atoms with Gasteiger partial charge in [-0.05, 0) is 37.4 Å². The lowest BCUT2D eigenvalue weighted by molar-refractivity contribution is 0.135. The summed E-state index contributed by atoms with van der Waals surface area (Å²) in [7, 11) is 1.68. The van der Waals surface area contributed by atoms with Gasteiger partial charge < -0.3 is 4.90 Å². The quantitative estimate of drug-likeness (QED) is 0.823. The molecule has 0 unspecified atom stereocenters. The fourth-order valence-corrected chi connectivity index (χ4v) is 3.12. The summed E-state index contributed by atoms with van der Waals surface area (Å²) in [4.78, 5) is 14.0. The summed E-state index contributed by atoms with van der Waals surface area (Å²) in [5.74, 6) is 0. The minimum absolute atomic E-state index is 0.0824. The Morgan fingerprint density at radius 1 is 1.17 bits per heavy atom. The average molecular weight is 311 g/mol. The smallest absolute Gasteiger partial charge is 0.266 e. The van der Waals surface area contributed by atoms with Gasteiger partial charge in [0.25, 0.3) is 5.56 Å². The highest BCUT2D eigenvalue weighted by atomic mass is 16.1. The van der Waals surface area contributed by atoms with Crippen molar-refractivity contribution in [3.8, 4) is 11.3 Å². The first-order valence-corrected chi connectivity index (χ1v) is 8.55. The van der Waals surface area contributed by atoms with Crippen molar-refractivity contribution < 1.29 is 0 Å². The van der Waals surface area contributed by atoms with Crippen LogP contribution in [0.5, 0.6) is 0 Å². The summed E-state index contributed by atoms with van der Waals surface area (Å²) >= 11 is 0. The van der Waals surface area contributed by atoms with E-state index in [-0.39, 0.29) is 5.56 Å². The molecule has 3 rings (SSSR count). The molecule has 0 N–H and O–H groups in total. The van der Waals surface area contributed by atoms with Crippen LogP contribution in [-0.4, -0.2) is 33.8 Å². The molecule has 1 aliphatic rings. The Labute approximate surface area is 137 Å². The molecule has 2 aromatic rings. The van der Waals surface area contributed by atoms with Crippen LogP contribution in [-0.2, 0) is 13.5 Å². The molecule has 0 amide bonds. The SMILES string of the molecule is CCN(CCc1ccc(-c2ccc(=O)n(C)n2)cc1)C1CCC1. The first kappa shape index (κ1) is 15.9. The van der Waals surface area contributed by atoms with Crippen molar-refractivity contribution in [2.45, 2.75) is 38.6 Å². The van der Waals surface area contributed by atoms with Gasteiger partial charge in [0.2, 0.25) is 0 Å². The molecule has 4 nitrogen and oxygen atoms in total. The van der Waals surface area contributed by atoms with Crippen molar-refractivity contribution in [1.29, 1.82) is 0 Å². The molecule has 0 radical (unpaired) electrons. The van der Waals surface area contributed by atoms with Gasteiger partial charge in [-0.3, -0.25) is 4.79 Å². The van der Waals surface area contributed by atoms with E-state index in [9.17, 15) is 4.79 Å². The number of rotatable bonds is 6. The molecule has 0 aliphatic heterocycles. The van der Waals surface area contributed by atoms with Gasteiger partial charge in [0, 0.05) is 31.3 Å². The van der Waals surface area contributed by atoms with Gasteiger partial charge >= 0.3 is 0 Å². The second-order valence-electron chi connectivity index (χ2n) is 6.34. The van der Waals surface area contributed by atoms with Crippen LogP contribution in [0.1, 0.15) is 31.7 Å². The van der Waals surface area contributed by atoms with Crippen LogP contribution < -0.4 is 5.56 Å². The maximum absolute atomic E-state index is 11.4. The minimum Gasteiger partial charge on any atom is -0.300 e. The number of hydrogen-bond donors (Lipinski definition) is 0. The lowest BCUT2D eigenvalue weighted by atomic mass is 9.91. The van der Waals surface area contributed by atoms with Gasteiger partial charge in [-0.15, -0.1) is 0 Å². The largest absolute Gasteiger partial charge is 0.300 e. The molecule has 1 aliphatic carbocycles. The van der Waals surface area contributed by atoms with Gasteiger partial charge in [0.1, 0.15) is 0 Å². The van der Waals surface area contributed by atoms with E-state index in [0.29, 0.717) is 0 Å². The van der Waals surface area contributed by atoms with Crippen LogP contribution >= 0.6 is 0 Å². The van der Waals surface area contributed by atoms with Crippen molar-refractivity contribution in [3.63, 3.8) is 0 Å². The van der Waals surface area contributed by atoms with Gasteiger partial charge in [0.15, 0.2) is 0 Å². The molecule has 1 heterocycles. The lowest BCUT2D eigenvalue weighted by Crippen LogP contribution is -2.41. The Morgan fingerprint density at radius 2 is 1.91 bits per heavy atom. The number of nitrogens with zero attached hydrogens (tertiary/aromatic N) is 3. The summed E-state index contributed by atoms with van der Waals surface area (Å²) in [5, 5.41) is 4.30. The monoisotopic (exact) mass is 311 g/mol. The van der Waals surface area contributed by atoms with E-state index in [1.54, 1.807) is 19.2 Å². The van der Waals surface area contributed by atoms with E-state index in [2.05, 4.69) is 41.2 Å². The zero-order valence-electron chi connectivity index (χ0n) is 14.0. The zero-order valence-corrected chi connectivity index (χ0v) is 14.0. The molecule has 0 bridgehead atoms. The molecular weight excluding hydrogens is 286 g/mol. The highest BCUT2D eigenvalue weighted by molar-refractivity contribution is 5.58. The van der Waals surface area contributed by atoms with Gasteiger partial charge in [-0.1, -0.05) is 37.6 Å². The zero-order chi connectivity index (χ0) is 16.2. The van der Waals surface area contributed by atoms with Crippen LogP contribution in [0.25, 0.3) is 11.3 Å². The van der Waals surface area contributed by atoms with Crippen molar-refractivity contribution in [2.75, 3.05) is 13.1 Å². The van der Waals surface area contributed by atoms with Crippen LogP contribution in [0.15, 0.2) is 41.2 Å². The Balaban J connectivity index is 1.64. The number of hydrogen-bond acceptors (Lipinski definition) is 3. The third-order valence-electron chi connectivity index (χ3n) is 4.90. The Morgan fingerprint density at radius 3 is 2.48 bits per heavy atom. The molecule has 23 heavy (non-hydrogen) atoms. The predicted octanol–water partition coefficient (Wildman–Crippen LogP) is 2.86. The molecule has 1 aromatic carbocycles. The van der Waals surface area contributed by atoms with Crippen molar-refractivity contribution in [1.82, 2.24) is 14.7 Å². The molecule has 1 saturated carbocycles. The summed E-state index contributed by atoms with van der Waals surface area (Å²) < 4.78 is 1.38. The van der Waals surface area contributed by atoms with Crippen molar-refractivity contribution >= 4 is 0 Å². The Kier molecular flexibility index (Phi) is 4.91. The van der Waals surface area contributed by atoms with E-state index in [1.165, 1.54) is 29.5 Å². The normalized spacial score (nSPS) is 14.9. The molecule has 0 spiro atoms. The van der Waals surface area contributed by atoms with E-state index in [1.807, 2.05) is 0 Å². The number of aromatic nitrogens is 2. The molecule has 1 fully saturated rings. The number of benzene rings is 1. The van der Waals surface area contributed by atoms with E-state index in [4.69, 9.17) is 0 Å². The second kappa shape index (κ2) is 7.09. The molecule has 0 atom stereocenters. The highest BCUT2D eigenvalue weighted by Gasteiger charge is 2.23. The minimum atomic E-state index is -0.0824. The Bertz CT molecular complexity index is 701. The van der Waals surface area contributed by atoms with Gasteiger partial charge in [-0.25, -0.2) is 4.68 Å². The number of aryl methyl sites for hydroxylation is 1. The van der Waals surface area contributed by atoms with Gasteiger partial charge in [0.05, 0.1) is 5.69 Å². The van der Waals surface area contributed by atoms with E-state index < -0.39 is 0 Å². The molecule has 0 saturated heterocycles. The second-order valence-corrected chi connectivity index (χ2v) is 6.34. The maximum Gasteiger partial charge on any atom is 0.266 e. The fourth-order valence-electron chi connectivity index (χ4n) is 3.12. The van der Waals surface area contributed by atoms with E-state index in [0.717, 1.165) is 36.8 Å². The third kappa shape index (κ3) is 3.70. The van der Waals surface area contributed by atoms with E-state index >= 15 is 0 Å². The molecule has 4 heteroatoms. The standard InChI is InChI=1S/C19H25N3O/c1-3-22(17-5-4-6-17)14-13-15-7-9-16(10-8-15)18-11-12-19(23)21(2)20-18/h7-12,17H,3-6,13-14H2,1-2H3. The first-order chi connectivity index (χ1) is 11.2. The van der Waals surface area contributed by atoms with Gasteiger partial charge in [-0.2, -0.15) is 5.10 Å². The van der Waals surface area contributed by atoms with Crippen molar-refractivity contribution in [2.24, 2.45) is 7.05 Å². The topological polar surface area (TPSA) is 38.1 Å². The predicted molar refractivity (Wildman–Crippen MR) is 93.5 cm³/mol. The lowest BCUT2D eigenvalue weighted by Gasteiger charge is -2.36. The van der Waals surface area contributed by atoms with Crippen LogP contribution in [0.4, 0.5) is 0 Å². The summed E-state index contributed by atoms with van der Waals surface area (Å²) in [6, 6.07) is 12.7. The van der Waals surface area contributed by atoms with Crippen LogP contribution in [0.3, 0.4) is 0 Å². The fraction of sp³-hybridized carbons (Fsp3) is 0.474. The third-order valence-corrected chi connectivity index (χ3v) is 4.90. The van der Waals surface area contributed by atoms with Crippen molar-refractivity contribution in [3.05, 3.63) is 52.3 Å². The summed E-state index contributed by atoms with van der Waals surface area (Å²) in [6.45, 7) is 4.54. The molecule has 1 aromatic heterocycles. The summed E-state index contributed by atoms with van der Waals surface area (Å²) in [6.07, 6.45) is 5.21. The molecular formula is C19H25N3O. The Hall–Kier alpha value is -1.94. The molecule has 122 valence electrons. The van der Waals surface area contributed by atoms with Crippen LogP contribution in [0.2, 0.25) is 0 Å². The first-order valence-electron chi connectivity index (χ1n) is 8.55.